The molecule has 0 radical (unpaired) electrons. The van der Waals surface area contributed by atoms with E-state index in [4.69, 9.17) is 19.3 Å². The van der Waals surface area contributed by atoms with Crippen LogP contribution in [0.25, 0.3) is 10.9 Å². The maximum atomic E-state index is 13.3. The summed E-state index contributed by atoms with van der Waals surface area (Å²) < 4.78 is 18.1. The number of aliphatic carboxylic acids is 1. The average molecular weight is 518 g/mol. The number of methoxy groups -OCH3 is 2. The summed E-state index contributed by atoms with van der Waals surface area (Å²) in [5.74, 6) is 0.123. The molecule has 0 bridgehead atoms. The van der Waals surface area contributed by atoms with Crippen LogP contribution in [-0.2, 0) is 4.79 Å². The third-order valence-corrected chi connectivity index (χ3v) is 5.52. The first-order chi connectivity index (χ1) is 15.8. The molecule has 0 aliphatic heterocycles. The van der Waals surface area contributed by atoms with Gasteiger partial charge in [-0.1, -0.05) is 29.8 Å². The van der Waals surface area contributed by atoms with E-state index in [0.717, 1.165) is 10.9 Å². The summed E-state index contributed by atoms with van der Waals surface area (Å²) in [6, 6.07) is 8.59. The van der Waals surface area contributed by atoms with Crippen molar-refractivity contribution in [2.75, 3.05) is 20.8 Å². The lowest BCUT2D eigenvalue weighted by atomic mass is 10.1. The number of aromatic nitrogens is 2. The summed E-state index contributed by atoms with van der Waals surface area (Å²) in [4.78, 5) is 28.8. The van der Waals surface area contributed by atoms with E-state index in [1.807, 2.05) is 19.9 Å². The second-order valence-electron chi connectivity index (χ2n) is 7.24. The molecule has 0 aliphatic rings. The lowest BCUT2D eigenvalue weighted by Crippen LogP contribution is -2.23. The lowest BCUT2D eigenvalue weighted by molar-refractivity contribution is -0.139. The van der Waals surface area contributed by atoms with Gasteiger partial charge in [0.15, 0.2) is 18.1 Å². The predicted molar refractivity (Wildman–Crippen MR) is 128 cm³/mol. The van der Waals surface area contributed by atoms with E-state index >= 15 is 0 Å². The Morgan fingerprint density at radius 2 is 1.91 bits per heavy atom. The molecule has 33 heavy (non-hydrogen) atoms. The number of hydrogen-bond acceptors (Lipinski definition) is 7. The molecule has 0 unspecified atom stereocenters. The highest BCUT2D eigenvalue weighted by atomic mass is 79.9. The fraction of sp³-hybridized carbons (Fsp3) is 0.304. The molecule has 9 nitrogen and oxygen atoms in total. The predicted octanol–water partition coefficient (Wildman–Crippen LogP) is 4.04. The number of nitrogens with zero attached hydrogens (tertiary/aromatic N) is 3. The first-order valence-corrected chi connectivity index (χ1v) is 11.0. The van der Waals surface area contributed by atoms with Gasteiger partial charge in [0.1, 0.15) is 5.82 Å². The standard InChI is InChI=1S/C23H24BrN3O6/c1-5-13(2)22-26-17-7-6-15(24)10-16(17)23(30)27(22)25-11-14-8-18(31-3)21(19(9-14)32-4)33-12-20(28)29/h6-11,13H,5,12H2,1-4H3,(H,28,29)/t13-/m0/s1. The molecule has 3 rings (SSSR count). The summed E-state index contributed by atoms with van der Waals surface area (Å²) >= 11 is 3.40. The largest absolute Gasteiger partial charge is 0.493 e. The molecular weight excluding hydrogens is 494 g/mol. The number of rotatable bonds is 9. The first kappa shape index (κ1) is 24.2. The SMILES string of the molecule is CC[C@H](C)c1nc2ccc(Br)cc2c(=O)n1N=Cc1cc(OC)c(OCC(=O)O)c(OC)c1. The van der Waals surface area contributed by atoms with Crippen molar-refractivity contribution < 1.29 is 24.1 Å². The molecule has 0 saturated heterocycles. The number of carboxylic acid groups (broad SMARTS) is 1. The van der Waals surface area contributed by atoms with Gasteiger partial charge in [0, 0.05) is 16.0 Å². The van der Waals surface area contributed by atoms with Crippen molar-refractivity contribution in [1.82, 2.24) is 9.66 Å². The van der Waals surface area contributed by atoms with Gasteiger partial charge in [0.05, 0.1) is 31.3 Å². The van der Waals surface area contributed by atoms with Crippen molar-refractivity contribution in [2.24, 2.45) is 5.10 Å². The zero-order chi connectivity index (χ0) is 24.1. The van der Waals surface area contributed by atoms with Crippen molar-refractivity contribution in [3.8, 4) is 17.2 Å². The van der Waals surface area contributed by atoms with Gasteiger partial charge in [0.2, 0.25) is 5.75 Å². The minimum absolute atomic E-state index is 0.00114. The maximum Gasteiger partial charge on any atom is 0.341 e. The third-order valence-electron chi connectivity index (χ3n) is 5.03. The zero-order valence-corrected chi connectivity index (χ0v) is 20.2. The van der Waals surface area contributed by atoms with E-state index in [1.54, 1.807) is 24.3 Å². The molecule has 2 aromatic carbocycles. The molecule has 1 N–H and O–H groups in total. The van der Waals surface area contributed by atoms with E-state index in [1.165, 1.54) is 25.1 Å². The highest BCUT2D eigenvalue weighted by molar-refractivity contribution is 9.10. The molecule has 0 fully saturated rings. The van der Waals surface area contributed by atoms with E-state index in [2.05, 4.69) is 26.0 Å². The summed E-state index contributed by atoms with van der Waals surface area (Å²) in [6.45, 7) is 3.45. The first-order valence-electron chi connectivity index (χ1n) is 10.2. The topological polar surface area (TPSA) is 112 Å². The highest BCUT2D eigenvalue weighted by Gasteiger charge is 2.17. The Balaban J connectivity index is 2.12. The monoisotopic (exact) mass is 517 g/mol. The fourth-order valence-electron chi connectivity index (χ4n) is 3.15. The van der Waals surface area contributed by atoms with Crippen molar-refractivity contribution >= 4 is 39.0 Å². The summed E-state index contributed by atoms with van der Waals surface area (Å²) in [7, 11) is 2.86. The molecule has 1 heterocycles. The molecule has 3 aromatic rings. The van der Waals surface area contributed by atoms with Crippen LogP contribution in [0.2, 0.25) is 0 Å². The van der Waals surface area contributed by atoms with Gasteiger partial charge in [-0.2, -0.15) is 9.78 Å². The van der Waals surface area contributed by atoms with Crippen molar-refractivity contribution in [3.63, 3.8) is 0 Å². The summed E-state index contributed by atoms with van der Waals surface area (Å²) in [5, 5.41) is 13.8. The van der Waals surface area contributed by atoms with Gasteiger partial charge < -0.3 is 19.3 Å². The Hall–Kier alpha value is -3.40. The van der Waals surface area contributed by atoms with Crippen LogP contribution in [0, 0.1) is 0 Å². The second-order valence-corrected chi connectivity index (χ2v) is 8.15. The molecular formula is C23H24BrN3O6. The number of carbonyl (C=O) groups is 1. The molecule has 1 aromatic heterocycles. The second kappa shape index (κ2) is 10.5. The van der Waals surface area contributed by atoms with Crippen LogP contribution in [-0.4, -0.2) is 47.8 Å². The average Bonchev–Trinajstić information content (AvgIpc) is 2.81. The normalized spacial score (nSPS) is 12.2. The van der Waals surface area contributed by atoms with Crippen LogP contribution in [0.5, 0.6) is 17.2 Å². The number of carboxylic acids is 1. The van der Waals surface area contributed by atoms with Crippen LogP contribution < -0.4 is 19.8 Å². The fourth-order valence-corrected chi connectivity index (χ4v) is 3.52. The number of hydrogen-bond donors (Lipinski definition) is 1. The molecule has 0 spiro atoms. The van der Waals surface area contributed by atoms with Crippen LogP contribution in [0.1, 0.15) is 37.6 Å². The quantitative estimate of drug-likeness (QED) is 0.426. The van der Waals surface area contributed by atoms with E-state index in [-0.39, 0.29) is 28.7 Å². The van der Waals surface area contributed by atoms with Crippen molar-refractivity contribution in [1.29, 1.82) is 0 Å². The zero-order valence-electron chi connectivity index (χ0n) is 18.7. The van der Waals surface area contributed by atoms with Crippen molar-refractivity contribution in [3.05, 3.63) is 56.5 Å². The molecule has 1 atom stereocenters. The van der Waals surface area contributed by atoms with Gasteiger partial charge in [-0.25, -0.2) is 9.78 Å². The van der Waals surface area contributed by atoms with Gasteiger partial charge in [-0.3, -0.25) is 4.79 Å². The Morgan fingerprint density at radius 1 is 1.24 bits per heavy atom. The molecule has 0 saturated carbocycles. The molecule has 0 aliphatic carbocycles. The number of benzene rings is 2. The molecule has 10 heteroatoms. The van der Waals surface area contributed by atoms with Crippen LogP contribution in [0.3, 0.4) is 0 Å². The van der Waals surface area contributed by atoms with E-state index < -0.39 is 12.6 Å². The minimum atomic E-state index is -1.13. The molecule has 0 amide bonds. The van der Waals surface area contributed by atoms with E-state index in [9.17, 15) is 9.59 Å². The Labute approximate surface area is 198 Å². The molecule has 174 valence electrons. The maximum absolute atomic E-state index is 13.3. The number of ether oxygens (including phenoxy) is 3. The minimum Gasteiger partial charge on any atom is -0.493 e. The van der Waals surface area contributed by atoms with Crippen LogP contribution >= 0.6 is 15.9 Å². The van der Waals surface area contributed by atoms with Gasteiger partial charge in [-0.05, 0) is 36.8 Å². The lowest BCUT2D eigenvalue weighted by Gasteiger charge is -2.15. The van der Waals surface area contributed by atoms with Gasteiger partial charge in [-0.15, -0.1) is 0 Å². The van der Waals surface area contributed by atoms with Gasteiger partial charge in [0.25, 0.3) is 5.56 Å². The van der Waals surface area contributed by atoms with Crippen LogP contribution in [0.15, 0.2) is 44.7 Å². The Morgan fingerprint density at radius 3 is 2.48 bits per heavy atom. The van der Waals surface area contributed by atoms with Gasteiger partial charge >= 0.3 is 5.97 Å². The van der Waals surface area contributed by atoms with E-state index in [0.29, 0.717) is 22.3 Å². The summed E-state index contributed by atoms with van der Waals surface area (Å²) in [6.07, 6.45) is 2.27. The van der Waals surface area contributed by atoms with Crippen LogP contribution in [0.4, 0.5) is 0 Å². The summed E-state index contributed by atoms with van der Waals surface area (Å²) in [5.41, 5.74) is 0.879. The third kappa shape index (κ3) is 5.33. The number of halogens is 1. The number of fused-ring (bicyclic) bond motifs is 1. The Kier molecular flexibility index (Phi) is 7.70. The highest BCUT2D eigenvalue weighted by Crippen LogP contribution is 2.38. The smallest absolute Gasteiger partial charge is 0.341 e. The van der Waals surface area contributed by atoms with Crippen molar-refractivity contribution in [2.45, 2.75) is 26.2 Å². The Bertz CT molecular complexity index is 1250.